The van der Waals surface area contributed by atoms with E-state index in [4.69, 9.17) is 5.73 Å². The van der Waals surface area contributed by atoms with E-state index < -0.39 is 6.04 Å². The van der Waals surface area contributed by atoms with Crippen LogP contribution in [0.3, 0.4) is 0 Å². The highest BCUT2D eigenvalue weighted by Gasteiger charge is 2.33. The van der Waals surface area contributed by atoms with E-state index >= 15 is 0 Å². The number of carbonyl (C=O) groups excluding carboxylic acids is 1. The molecule has 0 fully saturated rings. The zero-order valence-corrected chi connectivity index (χ0v) is 9.81. The van der Waals surface area contributed by atoms with Gasteiger partial charge in [-0.05, 0) is 18.4 Å². The third kappa shape index (κ3) is 1.83. The summed E-state index contributed by atoms with van der Waals surface area (Å²) in [4.78, 5) is 13.8. The van der Waals surface area contributed by atoms with E-state index in [1.807, 2.05) is 29.2 Å². The minimum absolute atomic E-state index is 0.0295. The number of fused-ring (bicyclic) bond motifs is 1. The predicted molar refractivity (Wildman–Crippen MR) is 65.2 cm³/mol. The maximum absolute atomic E-state index is 12.0. The zero-order valence-electron chi connectivity index (χ0n) is 9.81. The molecule has 86 valence electrons. The third-order valence-electron chi connectivity index (χ3n) is 3.02. The van der Waals surface area contributed by atoms with E-state index in [9.17, 15) is 4.79 Å². The number of nitrogens with two attached hydrogens (primary N) is 1. The third-order valence-corrected chi connectivity index (χ3v) is 3.02. The van der Waals surface area contributed by atoms with Gasteiger partial charge in [0.2, 0.25) is 5.91 Å². The average Bonchev–Trinajstić information content (AvgIpc) is 2.50. The Morgan fingerprint density at radius 3 is 2.75 bits per heavy atom. The van der Waals surface area contributed by atoms with Crippen LogP contribution in [-0.4, -0.2) is 12.5 Å². The number of amides is 1. The molecule has 2 N–H and O–H groups in total. The molecule has 1 atom stereocenters. The van der Waals surface area contributed by atoms with Crippen molar-refractivity contribution in [1.29, 1.82) is 0 Å². The summed E-state index contributed by atoms with van der Waals surface area (Å²) in [5, 5.41) is 0. The molecule has 1 aliphatic heterocycles. The number of hydrogen-bond donors (Lipinski definition) is 1. The number of rotatable bonds is 3. The number of anilines is 1. The van der Waals surface area contributed by atoms with Gasteiger partial charge in [0.1, 0.15) is 6.04 Å². The first-order valence-corrected chi connectivity index (χ1v) is 5.77. The van der Waals surface area contributed by atoms with E-state index in [0.29, 0.717) is 5.92 Å². The van der Waals surface area contributed by atoms with Crippen LogP contribution in [0.15, 0.2) is 24.3 Å². The SMILES string of the molecule is CC(C)CCN1C(=O)[C@@H](N)c2ccccc21. The van der Waals surface area contributed by atoms with Crippen molar-refractivity contribution < 1.29 is 4.79 Å². The second kappa shape index (κ2) is 4.26. The topological polar surface area (TPSA) is 46.3 Å². The Morgan fingerprint density at radius 2 is 2.06 bits per heavy atom. The van der Waals surface area contributed by atoms with Crippen LogP contribution in [0.2, 0.25) is 0 Å². The highest BCUT2D eigenvalue weighted by molar-refractivity contribution is 6.04. The Labute approximate surface area is 96.2 Å². The summed E-state index contributed by atoms with van der Waals surface area (Å²) in [5.41, 5.74) is 7.84. The van der Waals surface area contributed by atoms with Gasteiger partial charge in [-0.1, -0.05) is 32.0 Å². The van der Waals surface area contributed by atoms with Crippen LogP contribution in [-0.2, 0) is 4.79 Å². The molecule has 0 spiro atoms. The first-order valence-electron chi connectivity index (χ1n) is 5.77. The summed E-state index contributed by atoms with van der Waals surface area (Å²) >= 11 is 0. The lowest BCUT2D eigenvalue weighted by atomic mass is 10.1. The first kappa shape index (κ1) is 11.1. The zero-order chi connectivity index (χ0) is 11.7. The van der Waals surface area contributed by atoms with Crippen molar-refractivity contribution in [3.05, 3.63) is 29.8 Å². The van der Waals surface area contributed by atoms with Gasteiger partial charge in [0.05, 0.1) is 0 Å². The second-order valence-electron chi connectivity index (χ2n) is 4.71. The molecule has 1 heterocycles. The lowest BCUT2D eigenvalue weighted by molar-refractivity contribution is -0.119. The monoisotopic (exact) mass is 218 g/mol. The largest absolute Gasteiger partial charge is 0.316 e. The van der Waals surface area contributed by atoms with Crippen molar-refractivity contribution in [2.75, 3.05) is 11.4 Å². The molecule has 0 aromatic heterocycles. The maximum Gasteiger partial charge on any atom is 0.248 e. The molecule has 0 saturated heterocycles. The molecule has 3 nitrogen and oxygen atoms in total. The lowest BCUT2D eigenvalue weighted by Gasteiger charge is -2.18. The lowest BCUT2D eigenvalue weighted by Crippen LogP contribution is -2.33. The molecule has 1 aliphatic rings. The van der Waals surface area contributed by atoms with Gasteiger partial charge in [-0.25, -0.2) is 0 Å². The van der Waals surface area contributed by atoms with Crippen molar-refractivity contribution in [2.24, 2.45) is 11.7 Å². The molecule has 16 heavy (non-hydrogen) atoms. The van der Waals surface area contributed by atoms with Crippen LogP contribution >= 0.6 is 0 Å². The van der Waals surface area contributed by atoms with Crippen LogP contribution in [0.5, 0.6) is 0 Å². The summed E-state index contributed by atoms with van der Waals surface area (Å²) in [6.45, 7) is 5.08. The van der Waals surface area contributed by atoms with Gasteiger partial charge in [0, 0.05) is 17.8 Å². The van der Waals surface area contributed by atoms with Crippen molar-refractivity contribution in [3.8, 4) is 0 Å². The Balaban J connectivity index is 2.23. The van der Waals surface area contributed by atoms with Gasteiger partial charge in [-0.3, -0.25) is 4.79 Å². The quantitative estimate of drug-likeness (QED) is 0.844. The number of benzene rings is 1. The molecule has 0 radical (unpaired) electrons. The Bertz CT molecular complexity index is 401. The molecule has 3 heteroatoms. The minimum Gasteiger partial charge on any atom is -0.316 e. The Kier molecular flexibility index (Phi) is 2.97. The summed E-state index contributed by atoms with van der Waals surface area (Å²) < 4.78 is 0. The summed E-state index contributed by atoms with van der Waals surface area (Å²) in [6, 6.07) is 7.32. The molecule has 0 bridgehead atoms. The smallest absolute Gasteiger partial charge is 0.248 e. The molecular weight excluding hydrogens is 200 g/mol. The average molecular weight is 218 g/mol. The number of carbonyl (C=O) groups is 1. The van der Waals surface area contributed by atoms with Gasteiger partial charge in [0.25, 0.3) is 0 Å². The highest BCUT2D eigenvalue weighted by Crippen LogP contribution is 2.34. The van der Waals surface area contributed by atoms with Crippen LogP contribution < -0.4 is 10.6 Å². The van der Waals surface area contributed by atoms with E-state index in [1.165, 1.54) is 0 Å². The van der Waals surface area contributed by atoms with Crippen molar-refractivity contribution in [3.63, 3.8) is 0 Å². The van der Waals surface area contributed by atoms with E-state index in [0.717, 1.165) is 24.2 Å². The molecule has 1 aromatic rings. The van der Waals surface area contributed by atoms with Crippen LogP contribution in [0, 0.1) is 5.92 Å². The van der Waals surface area contributed by atoms with Gasteiger partial charge in [0.15, 0.2) is 0 Å². The van der Waals surface area contributed by atoms with Crippen LogP contribution in [0.1, 0.15) is 31.9 Å². The predicted octanol–water partition coefficient (Wildman–Crippen LogP) is 2.08. The van der Waals surface area contributed by atoms with Gasteiger partial charge in [-0.15, -0.1) is 0 Å². The molecule has 0 unspecified atom stereocenters. The fraction of sp³-hybridized carbons (Fsp3) is 0.462. The Morgan fingerprint density at radius 1 is 1.38 bits per heavy atom. The fourth-order valence-corrected chi connectivity index (χ4v) is 2.03. The van der Waals surface area contributed by atoms with Gasteiger partial charge >= 0.3 is 0 Å². The van der Waals surface area contributed by atoms with Gasteiger partial charge < -0.3 is 10.6 Å². The van der Waals surface area contributed by atoms with Gasteiger partial charge in [-0.2, -0.15) is 0 Å². The number of hydrogen-bond acceptors (Lipinski definition) is 2. The number of para-hydroxylation sites is 1. The standard InChI is InChI=1S/C13H18N2O/c1-9(2)7-8-15-11-6-4-3-5-10(11)12(14)13(15)16/h3-6,9,12H,7-8,14H2,1-2H3/t12-/m0/s1. The summed E-state index contributed by atoms with van der Waals surface area (Å²) in [7, 11) is 0. The van der Waals surface area contributed by atoms with E-state index in [1.54, 1.807) is 0 Å². The number of nitrogens with zero attached hydrogens (tertiary/aromatic N) is 1. The van der Waals surface area contributed by atoms with E-state index in [-0.39, 0.29) is 5.91 Å². The maximum atomic E-state index is 12.0. The normalized spacial score (nSPS) is 19.4. The van der Waals surface area contributed by atoms with Crippen LogP contribution in [0.25, 0.3) is 0 Å². The molecule has 0 saturated carbocycles. The van der Waals surface area contributed by atoms with E-state index in [2.05, 4.69) is 13.8 Å². The molecule has 1 amide bonds. The van der Waals surface area contributed by atoms with Crippen molar-refractivity contribution in [1.82, 2.24) is 0 Å². The van der Waals surface area contributed by atoms with Crippen LogP contribution in [0.4, 0.5) is 5.69 Å². The second-order valence-corrected chi connectivity index (χ2v) is 4.71. The van der Waals surface area contributed by atoms with Crippen molar-refractivity contribution in [2.45, 2.75) is 26.3 Å². The molecule has 2 rings (SSSR count). The first-order chi connectivity index (χ1) is 7.61. The molecule has 0 aliphatic carbocycles. The summed E-state index contributed by atoms with van der Waals surface area (Å²) in [5.74, 6) is 0.624. The van der Waals surface area contributed by atoms with Crippen molar-refractivity contribution >= 4 is 11.6 Å². The fourth-order valence-electron chi connectivity index (χ4n) is 2.03. The Hall–Kier alpha value is -1.35. The molecule has 1 aromatic carbocycles. The summed E-state index contributed by atoms with van der Waals surface area (Å²) in [6.07, 6.45) is 1.01. The minimum atomic E-state index is -0.469. The highest BCUT2D eigenvalue weighted by atomic mass is 16.2. The molecular formula is C13H18N2O.